The molecule has 10 nitrogen and oxygen atoms in total. The molecule has 98 valence electrons. The van der Waals surface area contributed by atoms with Crippen LogP contribution in [0.15, 0.2) is 0 Å². The number of aliphatic carboxylic acids is 3. The normalized spacial score (nSPS) is 8.29. The molecule has 0 bridgehead atoms. The molecule has 0 rings (SSSR count). The molecule has 0 aliphatic rings. The molecule has 0 heterocycles. The fourth-order valence-electron chi connectivity index (χ4n) is 0.714. The van der Waals surface area contributed by atoms with E-state index in [-0.39, 0.29) is 33.8 Å². The Balaban J connectivity index is -0.000000120. The zero-order valence-electron chi connectivity index (χ0n) is 8.35. The first-order chi connectivity index (χ1) is 5.78. The Labute approximate surface area is 106 Å². The second kappa shape index (κ2) is 11.3. The van der Waals surface area contributed by atoms with Crippen LogP contribution in [0, 0.1) is 0 Å². The van der Waals surface area contributed by atoms with Crippen molar-refractivity contribution in [3.05, 3.63) is 0 Å². The fourth-order valence-corrected chi connectivity index (χ4v) is 0.714. The molecule has 0 spiro atoms. The number of hydrogen-bond acceptors (Lipinski definition) is 7. The van der Waals surface area contributed by atoms with Crippen LogP contribution >= 0.6 is 0 Å². The zero-order chi connectivity index (χ0) is 10.6. The minimum Gasteiger partial charge on any atom is -0.870 e. The van der Waals surface area contributed by atoms with Crippen molar-refractivity contribution >= 4 is 35.3 Å². The minimum absolute atomic E-state index is 0. The Kier molecular flexibility index (Phi) is 19.7. The van der Waals surface area contributed by atoms with Crippen LogP contribution < -0.4 is 0 Å². The zero-order valence-corrected chi connectivity index (χ0v) is 9.50. The Morgan fingerprint density at radius 1 is 0.824 bits per heavy atom. The van der Waals surface area contributed by atoms with Gasteiger partial charge in [-0.2, -0.15) is 0 Å². The third kappa shape index (κ3) is 11.1. The third-order valence-corrected chi connectivity index (χ3v) is 1.29. The summed E-state index contributed by atoms with van der Waals surface area (Å²) >= 11 is 0. The van der Waals surface area contributed by atoms with E-state index in [1.54, 1.807) is 0 Å². The number of carboxylic acids is 3. The number of carbonyl (C=O) groups is 3. The Bertz CT molecular complexity index is 235. The molecule has 0 aliphatic heterocycles. The van der Waals surface area contributed by atoms with E-state index in [4.69, 9.17) is 20.4 Å². The molecule has 0 unspecified atom stereocenters. The average Bonchev–Trinajstić information content (AvgIpc) is 1.82. The van der Waals surface area contributed by atoms with Crippen molar-refractivity contribution < 1.29 is 51.2 Å². The number of hydrogen-bond donors (Lipinski definition) is 4. The standard InChI is InChI=1S/C6H8O7.Al.3H2O/c7-3(8)1-6(13,5(11)12)2-4(9)10;;;;/h13H,1-2H2,(H,7,8)(H,9,10)(H,11,12);;3*1H2/q;+3;;;/p-3. The summed E-state index contributed by atoms with van der Waals surface area (Å²) < 4.78 is 0. The molecular formula is C6H11AlO10. The summed E-state index contributed by atoms with van der Waals surface area (Å²) in [5.74, 6) is -5.02. The molecule has 17 heavy (non-hydrogen) atoms. The maximum atomic E-state index is 10.3. The molecule has 0 saturated carbocycles. The second-order valence-electron chi connectivity index (χ2n) is 2.48. The van der Waals surface area contributed by atoms with E-state index < -0.39 is 36.4 Å². The van der Waals surface area contributed by atoms with Crippen LogP contribution in [0.4, 0.5) is 0 Å². The van der Waals surface area contributed by atoms with Gasteiger partial charge in [-0.25, -0.2) is 4.79 Å². The first-order valence-corrected chi connectivity index (χ1v) is 3.17. The minimum atomic E-state index is -2.74. The van der Waals surface area contributed by atoms with Crippen molar-refractivity contribution in [1.82, 2.24) is 0 Å². The molecule has 0 aromatic heterocycles. The first kappa shape index (κ1) is 29.7. The van der Waals surface area contributed by atoms with E-state index in [0.717, 1.165) is 0 Å². The summed E-state index contributed by atoms with van der Waals surface area (Å²) in [7, 11) is 0. The van der Waals surface area contributed by atoms with E-state index in [1.165, 1.54) is 0 Å². The van der Waals surface area contributed by atoms with Gasteiger partial charge >= 0.3 is 35.3 Å². The van der Waals surface area contributed by atoms with Gasteiger partial charge in [0.05, 0.1) is 12.8 Å². The molecule has 0 saturated heterocycles. The summed E-state index contributed by atoms with van der Waals surface area (Å²) in [5.41, 5.74) is -2.74. The molecule has 0 aliphatic carbocycles. The van der Waals surface area contributed by atoms with Gasteiger partial charge in [0.15, 0.2) is 5.60 Å². The van der Waals surface area contributed by atoms with Crippen LogP contribution in [-0.2, 0) is 14.4 Å². The summed E-state index contributed by atoms with van der Waals surface area (Å²) in [6.45, 7) is 0. The monoisotopic (exact) mass is 270 g/mol. The maximum Gasteiger partial charge on any atom is 3.00 e. The van der Waals surface area contributed by atoms with E-state index in [2.05, 4.69) is 0 Å². The van der Waals surface area contributed by atoms with Gasteiger partial charge in [-0.3, -0.25) is 9.59 Å². The predicted molar refractivity (Wildman–Crippen MR) is 48.7 cm³/mol. The Hall–Kier alpha value is -1.22. The molecule has 0 radical (unpaired) electrons. The molecule has 0 amide bonds. The number of rotatable bonds is 5. The summed E-state index contributed by atoms with van der Waals surface area (Å²) in [4.78, 5) is 30.5. The number of carboxylic acid groups (broad SMARTS) is 3. The summed E-state index contributed by atoms with van der Waals surface area (Å²) in [6.07, 6.45) is -2.29. The largest absolute Gasteiger partial charge is 3.00 e. The SMILES string of the molecule is O=C(O)CC(O)(CC(=O)O)C(=O)O.[Al+3].[OH-].[OH-].[OH-]. The van der Waals surface area contributed by atoms with Crippen LogP contribution in [-0.4, -0.2) is 77.7 Å². The van der Waals surface area contributed by atoms with E-state index >= 15 is 0 Å². The van der Waals surface area contributed by atoms with E-state index in [0.29, 0.717) is 0 Å². The second-order valence-corrected chi connectivity index (χ2v) is 2.48. The maximum absolute atomic E-state index is 10.3. The van der Waals surface area contributed by atoms with Crippen LogP contribution in [0.25, 0.3) is 0 Å². The van der Waals surface area contributed by atoms with Gasteiger partial charge in [-0.1, -0.05) is 0 Å². The van der Waals surface area contributed by atoms with Gasteiger partial charge in [0.2, 0.25) is 0 Å². The van der Waals surface area contributed by atoms with Crippen LogP contribution in [0.2, 0.25) is 0 Å². The van der Waals surface area contributed by atoms with Crippen LogP contribution in [0.1, 0.15) is 12.8 Å². The average molecular weight is 270 g/mol. The smallest absolute Gasteiger partial charge is 0.870 e. The predicted octanol–water partition coefficient (Wildman–Crippen LogP) is -2.16. The topological polar surface area (TPSA) is 222 Å². The molecule has 0 atom stereocenters. The Morgan fingerprint density at radius 3 is 1.18 bits per heavy atom. The van der Waals surface area contributed by atoms with Crippen molar-refractivity contribution in [1.29, 1.82) is 0 Å². The summed E-state index contributed by atoms with van der Waals surface area (Å²) in [6, 6.07) is 0. The van der Waals surface area contributed by atoms with Crippen molar-refractivity contribution in [3.63, 3.8) is 0 Å². The van der Waals surface area contributed by atoms with E-state index in [9.17, 15) is 14.4 Å². The molecule has 7 N–H and O–H groups in total. The van der Waals surface area contributed by atoms with Gasteiger partial charge < -0.3 is 36.9 Å². The fraction of sp³-hybridized carbons (Fsp3) is 0.500. The van der Waals surface area contributed by atoms with Crippen molar-refractivity contribution in [2.45, 2.75) is 18.4 Å². The van der Waals surface area contributed by atoms with Crippen molar-refractivity contribution in [3.8, 4) is 0 Å². The summed E-state index contributed by atoms with van der Waals surface area (Å²) in [5, 5.41) is 33.8. The van der Waals surface area contributed by atoms with Crippen molar-refractivity contribution in [2.75, 3.05) is 0 Å². The van der Waals surface area contributed by atoms with Gasteiger partial charge in [-0.15, -0.1) is 0 Å². The quantitative estimate of drug-likeness (QED) is 0.395. The van der Waals surface area contributed by atoms with Crippen LogP contribution in [0.3, 0.4) is 0 Å². The Morgan fingerprint density at radius 2 is 1.06 bits per heavy atom. The molecule has 11 heteroatoms. The molecule has 0 fully saturated rings. The van der Waals surface area contributed by atoms with Gasteiger partial charge in [0, 0.05) is 0 Å². The molecular weight excluding hydrogens is 259 g/mol. The molecule has 0 aromatic rings. The van der Waals surface area contributed by atoms with Crippen molar-refractivity contribution in [2.24, 2.45) is 0 Å². The van der Waals surface area contributed by atoms with Gasteiger partial charge in [0.25, 0.3) is 0 Å². The molecule has 0 aromatic carbocycles. The van der Waals surface area contributed by atoms with Gasteiger partial charge in [0.1, 0.15) is 0 Å². The third-order valence-electron chi connectivity index (χ3n) is 1.29. The van der Waals surface area contributed by atoms with E-state index in [1.807, 2.05) is 0 Å². The first-order valence-electron chi connectivity index (χ1n) is 3.17. The number of aliphatic hydroxyl groups is 1. The van der Waals surface area contributed by atoms with Gasteiger partial charge in [-0.05, 0) is 0 Å². The van der Waals surface area contributed by atoms with Crippen LogP contribution in [0.5, 0.6) is 0 Å².